The first kappa shape index (κ1) is 12.0. The molecule has 0 bridgehead atoms. The normalized spacial score (nSPS) is 9.58. The van der Waals surface area contributed by atoms with Gasteiger partial charge in [0.05, 0.1) is 12.5 Å². The predicted molar refractivity (Wildman–Crippen MR) is 54.2 cm³/mol. The van der Waals surface area contributed by atoms with E-state index >= 15 is 0 Å². The van der Waals surface area contributed by atoms with Gasteiger partial charge in [0, 0.05) is 6.42 Å². The summed E-state index contributed by atoms with van der Waals surface area (Å²) in [6.45, 7) is 0. The Morgan fingerprint density at radius 2 is 1.67 bits per heavy atom. The molecule has 0 N–H and O–H groups in total. The Labute approximate surface area is 88.5 Å². The van der Waals surface area contributed by atoms with Gasteiger partial charge in [0.15, 0.2) is 0 Å². The van der Waals surface area contributed by atoms with Gasteiger partial charge in [0.25, 0.3) is 0 Å². The molecule has 68 valence electrons. The van der Waals surface area contributed by atoms with Gasteiger partial charge in [0.1, 0.15) is 5.75 Å². The lowest BCUT2D eigenvalue weighted by molar-refractivity contribution is -0.00000239. The molecule has 0 aromatic heterocycles. The lowest BCUT2D eigenvalue weighted by atomic mass is 10.2. The molecule has 0 aliphatic rings. The van der Waals surface area contributed by atoms with Crippen LogP contribution in [0.2, 0.25) is 0 Å². The average Bonchev–Trinajstić information content (AvgIpc) is 2.03. The number of halogens is 1. The van der Waals surface area contributed by atoms with Crippen molar-refractivity contribution in [3.8, 4) is 0 Å². The van der Waals surface area contributed by atoms with E-state index in [-0.39, 0.29) is 17.0 Å². The van der Waals surface area contributed by atoms with Gasteiger partial charge < -0.3 is 17.0 Å². The summed E-state index contributed by atoms with van der Waals surface area (Å²) in [6, 6.07) is 10.7. The Kier molecular flexibility index (Phi) is 6.58. The van der Waals surface area contributed by atoms with E-state index in [9.17, 15) is 0 Å². The molecule has 0 amide bonds. The maximum absolute atomic E-state index is 2.29. The van der Waals surface area contributed by atoms with Gasteiger partial charge >= 0.3 is 0 Å². The highest BCUT2D eigenvalue weighted by molar-refractivity contribution is 7.95. The number of aryl methyl sites for hydroxylation is 1. The van der Waals surface area contributed by atoms with Crippen LogP contribution >= 0.6 is 0 Å². The van der Waals surface area contributed by atoms with Crippen molar-refractivity contribution in [1.82, 2.24) is 0 Å². The number of benzene rings is 1. The van der Waals surface area contributed by atoms with E-state index < -0.39 is 0 Å². The highest BCUT2D eigenvalue weighted by atomic mass is 79.9. The van der Waals surface area contributed by atoms with E-state index in [4.69, 9.17) is 0 Å². The van der Waals surface area contributed by atoms with Gasteiger partial charge in [0.2, 0.25) is 0 Å². The molecule has 1 aromatic carbocycles. The summed E-state index contributed by atoms with van der Waals surface area (Å²) in [6.07, 6.45) is 5.82. The fourth-order valence-electron chi connectivity index (χ4n) is 0.967. The molecule has 0 aliphatic heterocycles. The monoisotopic (exact) mass is 246 g/mol. The van der Waals surface area contributed by atoms with Gasteiger partial charge in [-0.3, -0.25) is 0 Å². The minimum absolute atomic E-state index is 0. The topological polar surface area (TPSA) is 0 Å². The maximum atomic E-state index is 2.29. The van der Waals surface area contributed by atoms with Crippen LogP contribution in [0.1, 0.15) is 5.56 Å². The summed E-state index contributed by atoms with van der Waals surface area (Å²) >= 11 is 0. The van der Waals surface area contributed by atoms with Crippen LogP contribution in [0.15, 0.2) is 30.3 Å². The molecule has 0 saturated carbocycles. The summed E-state index contributed by atoms with van der Waals surface area (Å²) < 4.78 is 0. The van der Waals surface area contributed by atoms with Crippen LogP contribution in [0.5, 0.6) is 0 Å². The van der Waals surface area contributed by atoms with E-state index in [1.807, 2.05) is 0 Å². The van der Waals surface area contributed by atoms with E-state index in [2.05, 4.69) is 42.8 Å². The quantitative estimate of drug-likeness (QED) is 0.608. The summed E-state index contributed by atoms with van der Waals surface area (Å²) in [7, 11) is 0.584. The molecule has 0 aliphatic carbocycles. The molecular weight excluding hydrogens is 232 g/mol. The van der Waals surface area contributed by atoms with Crippen molar-refractivity contribution in [2.45, 2.75) is 6.42 Å². The first-order valence-electron chi connectivity index (χ1n) is 3.87. The van der Waals surface area contributed by atoms with E-state index in [0.29, 0.717) is 10.9 Å². The lowest BCUT2D eigenvalue weighted by Crippen LogP contribution is -3.00. The highest BCUT2D eigenvalue weighted by Gasteiger charge is 2.01. The largest absolute Gasteiger partial charge is 1.00 e. The highest BCUT2D eigenvalue weighted by Crippen LogP contribution is 2.00. The Balaban J connectivity index is 0.00000121. The van der Waals surface area contributed by atoms with Crippen LogP contribution in [0, 0.1) is 0 Å². The Bertz CT molecular complexity index is 196. The van der Waals surface area contributed by atoms with Crippen LogP contribution in [-0.4, -0.2) is 18.3 Å². The van der Waals surface area contributed by atoms with Crippen molar-refractivity contribution in [2.24, 2.45) is 0 Å². The van der Waals surface area contributed by atoms with Crippen LogP contribution in [0.25, 0.3) is 0 Å². The van der Waals surface area contributed by atoms with Crippen molar-refractivity contribution >= 4 is 10.9 Å². The van der Waals surface area contributed by atoms with Crippen molar-refractivity contribution in [2.75, 3.05) is 18.3 Å². The summed E-state index contributed by atoms with van der Waals surface area (Å²) in [5, 5.41) is 0. The van der Waals surface area contributed by atoms with Crippen molar-refractivity contribution in [3.05, 3.63) is 35.9 Å². The standard InChI is InChI=1S/C10H15S.BrH/c1-11(2)9-8-10-6-4-3-5-7-10;/h3-7H,8-9H2,1-2H3;1H/q+1;/p-1. The Morgan fingerprint density at radius 3 is 2.17 bits per heavy atom. The van der Waals surface area contributed by atoms with Crippen LogP contribution < -0.4 is 17.0 Å². The molecule has 0 atom stereocenters. The van der Waals surface area contributed by atoms with Crippen LogP contribution in [0.4, 0.5) is 0 Å². The first-order chi connectivity index (χ1) is 5.29. The molecular formula is C10H15BrS. The molecule has 0 radical (unpaired) electrons. The number of rotatable bonds is 3. The van der Waals surface area contributed by atoms with Crippen LogP contribution in [-0.2, 0) is 17.3 Å². The van der Waals surface area contributed by atoms with E-state index in [1.54, 1.807) is 0 Å². The number of hydrogen-bond donors (Lipinski definition) is 0. The zero-order chi connectivity index (χ0) is 8.10. The second-order valence-electron chi connectivity index (χ2n) is 2.93. The molecule has 12 heavy (non-hydrogen) atoms. The second-order valence-corrected chi connectivity index (χ2v) is 5.30. The molecule has 1 rings (SSSR count). The van der Waals surface area contributed by atoms with Gasteiger partial charge in [-0.05, 0) is 16.5 Å². The Hall–Kier alpha value is 0.0500. The third-order valence-corrected chi connectivity index (χ3v) is 2.66. The molecule has 0 saturated heterocycles. The summed E-state index contributed by atoms with van der Waals surface area (Å²) in [5.41, 5.74) is 1.47. The summed E-state index contributed by atoms with van der Waals surface area (Å²) in [4.78, 5) is 0. The number of hydrogen-bond acceptors (Lipinski definition) is 0. The van der Waals surface area contributed by atoms with Crippen molar-refractivity contribution in [1.29, 1.82) is 0 Å². The smallest absolute Gasteiger partial charge is 0.111 e. The summed E-state index contributed by atoms with van der Waals surface area (Å²) in [5.74, 6) is 1.32. The zero-order valence-corrected chi connectivity index (χ0v) is 9.99. The molecule has 0 fully saturated rings. The molecule has 0 unspecified atom stereocenters. The molecule has 0 nitrogen and oxygen atoms in total. The van der Waals surface area contributed by atoms with Gasteiger partial charge in [-0.15, -0.1) is 0 Å². The van der Waals surface area contributed by atoms with E-state index in [1.165, 1.54) is 17.7 Å². The van der Waals surface area contributed by atoms with Gasteiger partial charge in [-0.1, -0.05) is 30.3 Å². The second kappa shape index (κ2) is 6.55. The third-order valence-electron chi connectivity index (χ3n) is 1.64. The fraction of sp³-hybridized carbons (Fsp3) is 0.400. The van der Waals surface area contributed by atoms with Crippen LogP contribution in [0.3, 0.4) is 0 Å². The minimum Gasteiger partial charge on any atom is -1.00 e. The van der Waals surface area contributed by atoms with Gasteiger partial charge in [-0.2, -0.15) is 0 Å². The lowest BCUT2D eigenvalue weighted by Gasteiger charge is -1.97. The zero-order valence-electron chi connectivity index (χ0n) is 7.59. The predicted octanol–water partition coefficient (Wildman–Crippen LogP) is -0.889. The molecule has 1 aromatic rings. The van der Waals surface area contributed by atoms with Gasteiger partial charge in [-0.25, -0.2) is 0 Å². The minimum atomic E-state index is 0. The van der Waals surface area contributed by atoms with Crippen molar-refractivity contribution in [3.63, 3.8) is 0 Å². The van der Waals surface area contributed by atoms with Crippen molar-refractivity contribution < 1.29 is 17.0 Å². The third kappa shape index (κ3) is 4.83. The molecule has 0 spiro atoms. The maximum Gasteiger partial charge on any atom is 0.111 e. The fourth-order valence-corrected chi connectivity index (χ4v) is 1.61. The average molecular weight is 247 g/mol. The molecule has 2 heteroatoms. The van der Waals surface area contributed by atoms with E-state index in [0.717, 1.165) is 0 Å². The Morgan fingerprint density at radius 1 is 1.08 bits per heavy atom. The first-order valence-corrected chi connectivity index (χ1v) is 6.08. The SMILES string of the molecule is C[S+](C)CCc1ccccc1.[Br-]. The molecule has 0 heterocycles.